The Bertz CT molecular complexity index is 348. The second kappa shape index (κ2) is 5.12. The molecule has 0 aromatic carbocycles. The smallest absolute Gasteiger partial charge is 0.272 e. The maximum absolute atomic E-state index is 11.9. The first-order valence-electron chi connectivity index (χ1n) is 5.50. The summed E-state index contributed by atoms with van der Waals surface area (Å²) in [6, 6.07) is 1.66. The largest absolute Gasteiger partial charge is 0.394 e. The van der Waals surface area contributed by atoms with Gasteiger partial charge in [-0.05, 0) is 18.9 Å². The van der Waals surface area contributed by atoms with Gasteiger partial charge in [-0.25, -0.2) is 0 Å². The first-order valence-corrected chi connectivity index (χ1v) is 5.50. The van der Waals surface area contributed by atoms with Gasteiger partial charge in [0.05, 0.1) is 12.1 Å². The third kappa shape index (κ3) is 2.61. The van der Waals surface area contributed by atoms with Gasteiger partial charge in [0.25, 0.3) is 5.91 Å². The van der Waals surface area contributed by atoms with Crippen LogP contribution >= 0.6 is 0 Å². The van der Waals surface area contributed by atoms with E-state index in [1.165, 1.54) is 0 Å². The molecule has 90 valence electrons. The summed E-state index contributed by atoms with van der Waals surface area (Å²) in [6.45, 7) is 3.83. The molecule has 5 heteroatoms. The van der Waals surface area contributed by atoms with Crippen molar-refractivity contribution >= 4 is 5.91 Å². The number of rotatable bonds is 5. The Balaban J connectivity index is 2.76. The van der Waals surface area contributed by atoms with Crippen molar-refractivity contribution in [3.63, 3.8) is 0 Å². The average molecular weight is 225 g/mol. The van der Waals surface area contributed by atoms with E-state index < -0.39 is 5.54 Å². The predicted octanol–water partition coefficient (Wildman–Crippen LogP) is 0.701. The van der Waals surface area contributed by atoms with Gasteiger partial charge in [0.2, 0.25) is 0 Å². The summed E-state index contributed by atoms with van der Waals surface area (Å²) in [5.74, 6) is -0.238. The van der Waals surface area contributed by atoms with E-state index in [0.29, 0.717) is 18.5 Å². The van der Waals surface area contributed by atoms with Crippen molar-refractivity contribution in [1.82, 2.24) is 15.1 Å². The molecule has 5 nitrogen and oxygen atoms in total. The Labute approximate surface area is 95.5 Å². The first kappa shape index (κ1) is 12.7. The standard InChI is InChI=1S/C11H19N3O2/c1-4-11(5-2,8-15)12-10(16)9-6-7-14(3)13-9/h6-7,15H,4-5,8H2,1-3H3,(H,12,16). The molecule has 0 saturated carbocycles. The molecule has 0 radical (unpaired) electrons. The van der Waals surface area contributed by atoms with Crippen LogP contribution < -0.4 is 5.32 Å². The van der Waals surface area contributed by atoms with E-state index in [1.54, 1.807) is 24.0 Å². The van der Waals surface area contributed by atoms with Crippen LogP contribution in [0.4, 0.5) is 0 Å². The van der Waals surface area contributed by atoms with Crippen LogP contribution in [-0.2, 0) is 7.05 Å². The van der Waals surface area contributed by atoms with Crippen LogP contribution in [0, 0.1) is 0 Å². The number of carbonyl (C=O) groups is 1. The van der Waals surface area contributed by atoms with Gasteiger partial charge in [-0.1, -0.05) is 13.8 Å². The van der Waals surface area contributed by atoms with E-state index >= 15 is 0 Å². The molecule has 0 saturated heterocycles. The summed E-state index contributed by atoms with van der Waals surface area (Å²) < 4.78 is 1.58. The zero-order valence-electron chi connectivity index (χ0n) is 10.0. The van der Waals surface area contributed by atoms with Gasteiger partial charge in [-0.2, -0.15) is 5.10 Å². The lowest BCUT2D eigenvalue weighted by molar-refractivity contribution is 0.0812. The van der Waals surface area contributed by atoms with Crippen LogP contribution in [-0.4, -0.2) is 32.9 Å². The molecular weight excluding hydrogens is 206 g/mol. The highest BCUT2D eigenvalue weighted by Crippen LogP contribution is 2.14. The monoisotopic (exact) mass is 225 g/mol. The molecule has 16 heavy (non-hydrogen) atoms. The van der Waals surface area contributed by atoms with Crippen LogP contribution in [0.15, 0.2) is 12.3 Å². The van der Waals surface area contributed by atoms with Gasteiger partial charge < -0.3 is 10.4 Å². The maximum Gasteiger partial charge on any atom is 0.272 e. The minimum atomic E-state index is -0.533. The molecule has 1 heterocycles. The summed E-state index contributed by atoms with van der Waals surface area (Å²) in [6.07, 6.45) is 3.10. The van der Waals surface area contributed by atoms with Gasteiger partial charge in [0.1, 0.15) is 5.69 Å². The zero-order valence-corrected chi connectivity index (χ0v) is 10.0. The maximum atomic E-state index is 11.9. The summed E-state index contributed by atoms with van der Waals surface area (Å²) in [4.78, 5) is 11.9. The molecule has 0 bridgehead atoms. The Morgan fingerprint density at radius 3 is 2.56 bits per heavy atom. The number of carbonyl (C=O) groups excluding carboxylic acids is 1. The predicted molar refractivity (Wildman–Crippen MR) is 61.1 cm³/mol. The minimum Gasteiger partial charge on any atom is -0.394 e. The molecule has 0 fully saturated rings. The molecule has 1 amide bonds. The van der Waals surface area contributed by atoms with E-state index in [9.17, 15) is 9.90 Å². The number of nitrogens with zero attached hydrogens (tertiary/aromatic N) is 2. The van der Waals surface area contributed by atoms with Crippen molar-refractivity contribution in [2.45, 2.75) is 32.2 Å². The number of aryl methyl sites for hydroxylation is 1. The topological polar surface area (TPSA) is 67.2 Å². The van der Waals surface area contributed by atoms with Crippen molar-refractivity contribution < 1.29 is 9.90 Å². The van der Waals surface area contributed by atoms with E-state index in [1.807, 2.05) is 13.8 Å². The summed E-state index contributed by atoms with van der Waals surface area (Å²) >= 11 is 0. The summed E-state index contributed by atoms with van der Waals surface area (Å²) in [5, 5.41) is 16.2. The SMILES string of the molecule is CCC(CC)(CO)NC(=O)c1ccn(C)n1. The number of nitrogens with one attached hydrogen (secondary N) is 1. The molecule has 1 aromatic heterocycles. The van der Waals surface area contributed by atoms with E-state index in [-0.39, 0.29) is 12.5 Å². The van der Waals surface area contributed by atoms with E-state index in [2.05, 4.69) is 10.4 Å². The van der Waals surface area contributed by atoms with Crippen LogP contribution in [0.1, 0.15) is 37.2 Å². The normalized spacial score (nSPS) is 11.5. The van der Waals surface area contributed by atoms with E-state index in [0.717, 1.165) is 0 Å². The molecule has 1 rings (SSSR count). The summed E-state index contributed by atoms with van der Waals surface area (Å²) in [5.41, 5.74) is -0.156. The number of amides is 1. The minimum absolute atomic E-state index is 0.0570. The van der Waals surface area contributed by atoms with Gasteiger partial charge in [-0.3, -0.25) is 9.48 Å². The van der Waals surface area contributed by atoms with Crippen molar-refractivity contribution in [3.05, 3.63) is 18.0 Å². The Morgan fingerprint density at radius 2 is 2.19 bits per heavy atom. The number of hydrogen-bond donors (Lipinski definition) is 2. The third-order valence-electron chi connectivity index (χ3n) is 2.98. The number of aliphatic hydroxyl groups excluding tert-OH is 1. The second-order valence-electron chi connectivity index (χ2n) is 3.97. The highest BCUT2D eigenvalue weighted by Gasteiger charge is 2.28. The third-order valence-corrected chi connectivity index (χ3v) is 2.98. The fourth-order valence-corrected chi connectivity index (χ4v) is 1.53. The molecule has 0 aliphatic rings. The number of hydrogen-bond acceptors (Lipinski definition) is 3. The Hall–Kier alpha value is -1.36. The molecule has 0 aliphatic heterocycles. The lowest BCUT2D eigenvalue weighted by Crippen LogP contribution is -2.50. The molecule has 2 N–H and O–H groups in total. The molecule has 0 atom stereocenters. The fourth-order valence-electron chi connectivity index (χ4n) is 1.53. The molecule has 0 aliphatic carbocycles. The quantitative estimate of drug-likeness (QED) is 0.775. The zero-order chi connectivity index (χ0) is 12.2. The van der Waals surface area contributed by atoms with E-state index in [4.69, 9.17) is 0 Å². The van der Waals surface area contributed by atoms with Gasteiger partial charge in [0.15, 0.2) is 0 Å². The number of aromatic nitrogens is 2. The van der Waals surface area contributed by atoms with Gasteiger partial charge in [0, 0.05) is 13.2 Å². The van der Waals surface area contributed by atoms with Gasteiger partial charge in [-0.15, -0.1) is 0 Å². The molecular formula is C11H19N3O2. The molecule has 1 aromatic rings. The molecule has 0 spiro atoms. The number of aliphatic hydroxyl groups is 1. The highest BCUT2D eigenvalue weighted by molar-refractivity contribution is 5.92. The van der Waals surface area contributed by atoms with Crippen molar-refractivity contribution in [2.24, 2.45) is 7.05 Å². The van der Waals surface area contributed by atoms with Crippen molar-refractivity contribution in [2.75, 3.05) is 6.61 Å². The summed E-state index contributed by atoms with van der Waals surface area (Å²) in [7, 11) is 1.76. The van der Waals surface area contributed by atoms with Crippen LogP contribution in [0.25, 0.3) is 0 Å². The van der Waals surface area contributed by atoms with Crippen molar-refractivity contribution in [1.29, 1.82) is 0 Å². The highest BCUT2D eigenvalue weighted by atomic mass is 16.3. The second-order valence-corrected chi connectivity index (χ2v) is 3.97. The lowest BCUT2D eigenvalue weighted by atomic mass is 9.94. The average Bonchev–Trinajstić information content (AvgIpc) is 2.73. The van der Waals surface area contributed by atoms with Crippen LogP contribution in [0.3, 0.4) is 0 Å². The van der Waals surface area contributed by atoms with Crippen molar-refractivity contribution in [3.8, 4) is 0 Å². The first-order chi connectivity index (χ1) is 7.56. The Morgan fingerprint density at radius 1 is 1.56 bits per heavy atom. The van der Waals surface area contributed by atoms with Crippen LogP contribution in [0.2, 0.25) is 0 Å². The lowest BCUT2D eigenvalue weighted by Gasteiger charge is -2.30. The van der Waals surface area contributed by atoms with Gasteiger partial charge >= 0.3 is 0 Å². The fraction of sp³-hybridized carbons (Fsp3) is 0.636. The molecule has 0 unspecified atom stereocenters. The van der Waals surface area contributed by atoms with Crippen LogP contribution in [0.5, 0.6) is 0 Å². The Kier molecular flexibility index (Phi) is 4.06.